The molecule has 0 radical (unpaired) electrons. The Kier molecular flexibility index (Phi) is 12.1. The van der Waals surface area contributed by atoms with Crippen LogP contribution in [0.3, 0.4) is 0 Å². The monoisotopic (exact) mass is 632 g/mol. The predicted molar refractivity (Wildman–Crippen MR) is 170 cm³/mol. The molecule has 2 aromatic carbocycles. The molecule has 0 amide bonds. The van der Waals surface area contributed by atoms with Crippen LogP contribution in [0.5, 0.6) is 0 Å². The van der Waals surface area contributed by atoms with Crippen molar-refractivity contribution in [3.05, 3.63) is 78.4 Å². The Labute approximate surface area is 259 Å². The summed E-state index contributed by atoms with van der Waals surface area (Å²) >= 11 is 0. The van der Waals surface area contributed by atoms with Crippen LogP contribution in [0.15, 0.2) is 72.1 Å². The van der Waals surface area contributed by atoms with Crippen molar-refractivity contribution in [1.82, 2.24) is 0 Å². The lowest BCUT2D eigenvalue weighted by atomic mass is 9.70. The maximum atomic E-state index is 13.5. The number of methoxy groups -OCH3 is 1. The molecule has 1 aliphatic rings. The summed E-state index contributed by atoms with van der Waals surface area (Å²) < 4.78 is 57.8. The van der Waals surface area contributed by atoms with Gasteiger partial charge in [0.15, 0.2) is 14.1 Å². The van der Waals surface area contributed by atoms with E-state index in [-0.39, 0.29) is 16.7 Å². The molecule has 10 heteroatoms. The van der Waals surface area contributed by atoms with E-state index in [1.165, 1.54) is 26.2 Å². The number of aryl methyl sites for hydroxylation is 1. The number of ether oxygens (including phenoxy) is 3. The first-order valence-corrected chi connectivity index (χ1v) is 19.0. The summed E-state index contributed by atoms with van der Waals surface area (Å²) in [5.41, 5.74) is 1.87. The zero-order valence-electron chi connectivity index (χ0n) is 26.7. The molecule has 3 rings (SSSR count). The lowest BCUT2D eigenvalue weighted by Crippen LogP contribution is -2.59. The number of hydrogen-bond acceptors (Lipinski definition) is 8. The highest BCUT2D eigenvalue weighted by Gasteiger charge is 2.53. The van der Waals surface area contributed by atoms with Gasteiger partial charge in [-0.1, -0.05) is 74.9 Å². The van der Waals surface area contributed by atoms with Gasteiger partial charge in [-0.05, 0) is 49.7 Å². The summed E-state index contributed by atoms with van der Waals surface area (Å²) in [6.07, 6.45) is -0.927. The minimum absolute atomic E-state index is 0.0318. The van der Waals surface area contributed by atoms with Gasteiger partial charge in [0.05, 0.1) is 29.8 Å². The highest BCUT2D eigenvalue weighted by molar-refractivity contribution is 7.86. The first kappa shape index (κ1) is 35.3. The van der Waals surface area contributed by atoms with E-state index in [0.717, 1.165) is 11.1 Å². The first-order valence-electron chi connectivity index (χ1n) is 14.7. The molecule has 0 saturated heterocycles. The molecule has 8 nitrogen and oxygen atoms in total. The Morgan fingerprint density at radius 2 is 1.67 bits per heavy atom. The highest BCUT2D eigenvalue weighted by atomic mass is 32.2. The summed E-state index contributed by atoms with van der Waals surface area (Å²) in [4.78, 5) is 13.3. The van der Waals surface area contributed by atoms with Crippen LogP contribution >= 0.6 is 0 Å². The number of rotatable bonds is 14. The Morgan fingerprint density at radius 1 is 1.05 bits per heavy atom. The van der Waals surface area contributed by atoms with E-state index in [9.17, 15) is 13.2 Å². The lowest BCUT2D eigenvalue weighted by molar-refractivity contribution is -0.201. The highest BCUT2D eigenvalue weighted by Crippen LogP contribution is 2.45. The van der Waals surface area contributed by atoms with Gasteiger partial charge in [0, 0.05) is 25.4 Å². The van der Waals surface area contributed by atoms with Crippen LogP contribution in [0.4, 0.5) is 0 Å². The molecule has 43 heavy (non-hydrogen) atoms. The molecule has 0 spiro atoms. The molecule has 0 bridgehead atoms. The average Bonchev–Trinajstić information content (AvgIpc) is 2.93. The smallest absolute Gasteiger partial charge is 0.297 e. The number of carbonyl (C=O) groups is 1. The van der Waals surface area contributed by atoms with E-state index in [4.69, 9.17) is 22.8 Å². The molecule has 0 heterocycles. The Bertz CT molecular complexity index is 1300. The van der Waals surface area contributed by atoms with Gasteiger partial charge in [-0.2, -0.15) is 8.42 Å². The fourth-order valence-corrected chi connectivity index (χ4v) is 7.69. The van der Waals surface area contributed by atoms with Gasteiger partial charge in [0.2, 0.25) is 0 Å². The second-order valence-electron chi connectivity index (χ2n) is 12.8. The maximum absolute atomic E-state index is 13.5. The summed E-state index contributed by atoms with van der Waals surface area (Å²) in [6.45, 7) is 18.3. The van der Waals surface area contributed by atoms with Crippen LogP contribution in [0.1, 0.15) is 45.2 Å². The number of hydrogen-bond donors (Lipinski definition) is 0. The van der Waals surface area contributed by atoms with E-state index in [0.29, 0.717) is 13.0 Å². The summed E-state index contributed by atoms with van der Waals surface area (Å²) in [5.74, 6) is -1.72. The van der Waals surface area contributed by atoms with Crippen LogP contribution < -0.4 is 0 Å². The van der Waals surface area contributed by atoms with Gasteiger partial charge in [-0.25, -0.2) is 0 Å². The summed E-state index contributed by atoms with van der Waals surface area (Å²) in [5, 5.41) is -0.0940. The van der Waals surface area contributed by atoms with Crippen molar-refractivity contribution in [2.45, 2.75) is 95.1 Å². The van der Waals surface area contributed by atoms with Gasteiger partial charge in [-0.3, -0.25) is 8.98 Å². The molecule has 1 aliphatic carbocycles. The number of ketones is 1. The van der Waals surface area contributed by atoms with Crippen LogP contribution in [0.25, 0.3) is 0 Å². The molecule has 0 N–H and O–H groups in total. The van der Waals surface area contributed by atoms with Crippen molar-refractivity contribution < 1.29 is 36.0 Å². The standard InChI is InChI=1S/C33H48O8SSi/c1-10-27-28(41-43(8,9)33(4,5)6)20-29(38-21-25-14-12-11-13-15-25)32(39-22-37-7)30(27)31(24(3)34)40-42(35,36)26-18-16-23(2)17-19-26/h10-19,27-32H,1,20-22H2,2-9H3/t27-,28+,29-,30-,31-,32+/m0/s1. The second kappa shape index (κ2) is 14.7. The van der Waals surface area contributed by atoms with Gasteiger partial charge >= 0.3 is 0 Å². The molecule has 1 fully saturated rings. The topological polar surface area (TPSA) is 97.4 Å². The second-order valence-corrected chi connectivity index (χ2v) is 19.1. The molecular formula is C33H48O8SSi. The van der Waals surface area contributed by atoms with Crippen molar-refractivity contribution in [1.29, 1.82) is 0 Å². The van der Waals surface area contributed by atoms with Gasteiger partial charge in [0.1, 0.15) is 12.9 Å². The van der Waals surface area contributed by atoms with Crippen LogP contribution in [-0.2, 0) is 44.3 Å². The van der Waals surface area contributed by atoms with Gasteiger partial charge in [-0.15, -0.1) is 6.58 Å². The zero-order chi connectivity index (χ0) is 32.0. The minimum Gasteiger partial charge on any atom is -0.413 e. The van der Waals surface area contributed by atoms with E-state index >= 15 is 0 Å². The molecule has 0 aliphatic heterocycles. The van der Waals surface area contributed by atoms with Crippen molar-refractivity contribution in [2.24, 2.45) is 11.8 Å². The van der Waals surface area contributed by atoms with E-state index < -0.39 is 60.5 Å². The predicted octanol–water partition coefficient (Wildman–Crippen LogP) is 6.44. The third-order valence-electron chi connectivity index (χ3n) is 8.58. The van der Waals surface area contributed by atoms with Crippen LogP contribution in [-0.4, -0.2) is 60.8 Å². The molecule has 1 saturated carbocycles. The molecule has 6 atom stereocenters. The van der Waals surface area contributed by atoms with Crippen molar-refractivity contribution in [3.63, 3.8) is 0 Å². The average molecular weight is 633 g/mol. The number of Topliss-reactive ketones (excluding diaryl/α,β-unsaturated/α-hetero) is 1. The van der Waals surface area contributed by atoms with Crippen LogP contribution in [0.2, 0.25) is 18.1 Å². The van der Waals surface area contributed by atoms with Gasteiger partial charge in [0.25, 0.3) is 10.1 Å². The Hall–Kier alpha value is -2.18. The summed E-state index contributed by atoms with van der Waals surface area (Å²) in [6, 6.07) is 16.1. The number of benzene rings is 2. The third-order valence-corrected chi connectivity index (χ3v) is 14.4. The minimum atomic E-state index is -4.31. The fourth-order valence-electron chi connectivity index (χ4n) is 5.21. The summed E-state index contributed by atoms with van der Waals surface area (Å²) in [7, 11) is -5.13. The Morgan fingerprint density at radius 3 is 2.21 bits per heavy atom. The largest absolute Gasteiger partial charge is 0.413 e. The van der Waals surface area contributed by atoms with E-state index in [1.807, 2.05) is 37.3 Å². The van der Waals surface area contributed by atoms with Crippen molar-refractivity contribution >= 4 is 24.2 Å². The first-order chi connectivity index (χ1) is 20.1. The quantitative estimate of drug-likeness (QED) is 0.102. The molecule has 2 aromatic rings. The maximum Gasteiger partial charge on any atom is 0.297 e. The zero-order valence-corrected chi connectivity index (χ0v) is 28.6. The SMILES string of the molecule is C=C[C@@H]1[C@@H]([C@@H](OS(=O)(=O)c2ccc(C)cc2)C(C)=O)[C@H](OCOC)[C@@H](OCc2ccccc2)C[C@H]1O[Si](C)(C)C(C)(C)C. The normalized spacial score (nSPS) is 24.0. The van der Waals surface area contributed by atoms with E-state index in [2.05, 4.69) is 40.4 Å². The fraction of sp³-hybridized carbons (Fsp3) is 0.545. The number of carbonyl (C=O) groups excluding carboxylic acids is 1. The molecule has 0 aromatic heterocycles. The van der Waals surface area contributed by atoms with E-state index in [1.54, 1.807) is 18.2 Å². The lowest BCUT2D eigenvalue weighted by Gasteiger charge is -2.50. The van der Waals surface area contributed by atoms with Gasteiger partial charge < -0.3 is 18.6 Å². The Balaban J connectivity index is 2.10. The van der Waals surface area contributed by atoms with Crippen molar-refractivity contribution in [2.75, 3.05) is 13.9 Å². The van der Waals surface area contributed by atoms with Crippen LogP contribution in [0, 0.1) is 18.8 Å². The molecule has 0 unspecified atom stereocenters. The molecular weight excluding hydrogens is 585 g/mol. The third kappa shape index (κ3) is 8.94. The van der Waals surface area contributed by atoms with Crippen molar-refractivity contribution in [3.8, 4) is 0 Å². The molecule has 238 valence electrons.